The van der Waals surface area contributed by atoms with Crippen molar-refractivity contribution in [1.82, 2.24) is 14.7 Å². The maximum atomic E-state index is 12.5. The molecule has 0 spiro atoms. The average molecular weight is 344 g/mol. The molecule has 1 aromatic rings. The molecule has 1 fully saturated rings. The monoisotopic (exact) mass is 344 g/mol. The third-order valence-corrected chi connectivity index (χ3v) is 5.87. The Balaban J connectivity index is 2.18. The molecule has 9 nitrogen and oxygen atoms in total. The van der Waals surface area contributed by atoms with Crippen molar-refractivity contribution in [2.24, 2.45) is 0 Å². The molecule has 1 aliphatic heterocycles. The van der Waals surface area contributed by atoms with E-state index in [1.54, 1.807) is 13.8 Å². The quantitative estimate of drug-likeness (QED) is 0.565. The van der Waals surface area contributed by atoms with Crippen LogP contribution in [-0.2, 0) is 21.2 Å². The normalized spacial score (nSPS) is 19.7. The van der Waals surface area contributed by atoms with Gasteiger partial charge in [-0.15, -0.1) is 0 Å². The number of rotatable bonds is 5. The predicted octanol–water partition coefficient (Wildman–Crippen LogP) is 0.444. The Morgan fingerprint density at radius 3 is 2.57 bits per heavy atom. The molecular formula is C13H20N4O5S. The van der Waals surface area contributed by atoms with Gasteiger partial charge in [0.2, 0.25) is 5.91 Å². The van der Waals surface area contributed by atoms with Crippen molar-refractivity contribution in [2.45, 2.75) is 39.8 Å². The lowest BCUT2D eigenvalue weighted by atomic mass is 10.2. The van der Waals surface area contributed by atoms with Gasteiger partial charge < -0.3 is 4.90 Å². The van der Waals surface area contributed by atoms with Crippen molar-refractivity contribution in [3.63, 3.8) is 0 Å². The highest BCUT2D eigenvalue weighted by molar-refractivity contribution is 7.91. The molecular weight excluding hydrogens is 324 g/mol. The number of nitro groups is 1. The van der Waals surface area contributed by atoms with E-state index in [4.69, 9.17) is 0 Å². The highest BCUT2D eigenvalue weighted by atomic mass is 32.2. The zero-order valence-electron chi connectivity index (χ0n) is 13.4. The SMILES string of the molecule is CCN(C(=O)Cn1nc(C)c([N+](=O)[O-])c1C)[C@H]1CCS(=O)(=O)C1. The van der Waals surface area contributed by atoms with Crippen LogP contribution in [0.5, 0.6) is 0 Å². The van der Waals surface area contributed by atoms with Gasteiger partial charge >= 0.3 is 5.69 Å². The molecule has 128 valence electrons. The second-order valence-electron chi connectivity index (χ2n) is 5.67. The lowest BCUT2D eigenvalue weighted by molar-refractivity contribution is -0.386. The van der Waals surface area contributed by atoms with E-state index in [2.05, 4.69) is 5.10 Å². The van der Waals surface area contributed by atoms with E-state index < -0.39 is 14.8 Å². The van der Waals surface area contributed by atoms with E-state index in [0.29, 0.717) is 18.7 Å². The molecule has 2 rings (SSSR count). The summed E-state index contributed by atoms with van der Waals surface area (Å²) in [7, 11) is -3.08. The Morgan fingerprint density at radius 1 is 1.48 bits per heavy atom. The van der Waals surface area contributed by atoms with Crippen LogP contribution in [0.3, 0.4) is 0 Å². The number of nitrogens with zero attached hydrogens (tertiary/aromatic N) is 4. The van der Waals surface area contributed by atoms with E-state index in [0.717, 1.165) is 0 Å². The zero-order chi connectivity index (χ0) is 17.4. The number of sulfone groups is 1. The van der Waals surface area contributed by atoms with Crippen molar-refractivity contribution in [3.05, 3.63) is 21.5 Å². The van der Waals surface area contributed by atoms with Crippen LogP contribution in [0, 0.1) is 24.0 Å². The second kappa shape index (κ2) is 6.26. The van der Waals surface area contributed by atoms with Crippen molar-refractivity contribution in [2.75, 3.05) is 18.1 Å². The van der Waals surface area contributed by atoms with Gasteiger partial charge in [-0.25, -0.2) is 8.42 Å². The van der Waals surface area contributed by atoms with Gasteiger partial charge in [-0.3, -0.25) is 19.6 Å². The molecule has 0 N–H and O–H groups in total. The van der Waals surface area contributed by atoms with E-state index in [9.17, 15) is 23.3 Å². The molecule has 0 aliphatic carbocycles. The highest BCUT2D eigenvalue weighted by Gasteiger charge is 2.34. The summed E-state index contributed by atoms with van der Waals surface area (Å²) in [5.74, 6) is -0.216. The molecule has 0 radical (unpaired) electrons. The van der Waals surface area contributed by atoms with Crippen LogP contribution in [0.4, 0.5) is 5.69 Å². The first-order chi connectivity index (χ1) is 10.7. The fourth-order valence-electron chi connectivity index (χ4n) is 2.98. The van der Waals surface area contributed by atoms with Crippen LogP contribution in [0.15, 0.2) is 0 Å². The molecule has 1 aromatic heterocycles. The smallest absolute Gasteiger partial charge is 0.312 e. The van der Waals surface area contributed by atoms with E-state index in [1.807, 2.05) is 0 Å². The van der Waals surface area contributed by atoms with Gasteiger partial charge in [-0.05, 0) is 27.2 Å². The molecule has 0 unspecified atom stereocenters. The molecule has 1 saturated heterocycles. The maximum absolute atomic E-state index is 12.5. The molecule has 0 aromatic carbocycles. The van der Waals surface area contributed by atoms with Gasteiger partial charge in [-0.2, -0.15) is 5.10 Å². The van der Waals surface area contributed by atoms with Gasteiger partial charge in [0.1, 0.15) is 17.9 Å². The number of aromatic nitrogens is 2. The first-order valence-corrected chi connectivity index (χ1v) is 9.16. The summed E-state index contributed by atoms with van der Waals surface area (Å²) in [5.41, 5.74) is 0.479. The molecule has 0 bridgehead atoms. The van der Waals surface area contributed by atoms with Crippen LogP contribution in [-0.4, -0.2) is 58.0 Å². The number of hydrogen-bond acceptors (Lipinski definition) is 6. The third-order valence-electron chi connectivity index (χ3n) is 4.12. The van der Waals surface area contributed by atoms with Crippen molar-refractivity contribution >= 4 is 21.4 Å². The van der Waals surface area contributed by atoms with Gasteiger partial charge in [0.15, 0.2) is 9.84 Å². The number of carbonyl (C=O) groups is 1. The first kappa shape index (κ1) is 17.4. The highest BCUT2D eigenvalue weighted by Crippen LogP contribution is 2.23. The number of hydrogen-bond donors (Lipinski definition) is 0. The largest absolute Gasteiger partial charge is 0.337 e. The minimum atomic E-state index is -3.08. The Kier molecular flexibility index (Phi) is 4.73. The fraction of sp³-hybridized carbons (Fsp3) is 0.692. The van der Waals surface area contributed by atoms with E-state index in [1.165, 1.54) is 16.5 Å². The Labute approximate surface area is 134 Å². The molecule has 2 heterocycles. The molecule has 1 amide bonds. The second-order valence-corrected chi connectivity index (χ2v) is 7.90. The van der Waals surface area contributed by atoms with Crippen LogP contribution >= 0.6 is 0 Å². The van der Waals surface area contributed by atoms with Gasteiger partial charge in [0.05, 0.1) is 16.4 Å². The lowest BCUT2D eigenvalue weighted by Crippen LogP contribution is -2.42. The predicted molar refractivity (Wildman–Crippen MR) is 82.8 cm³/mol. The summed E-state index contributed by atoms with van der Waals surface area (Å²) in [6, 6.07) is -0.329. The van der Waals surface area contributed by atoms with Crippen LogP contribution in [0.25, 0.3) is 0 Å². The molecule has 0 saturated carbocycles. The zero-order valence-corrected chi connectivity index (χ0v) is 14.2. The lowest BCUT2D eigenvalue weighted by Gasteiger charge is -2.27. The molecule has 10 heteroatoms. The molecule has 1 atom stereocenters. The maximum Gasteiger partial charge on any atom is 0.312 e. The van der Waals surface area contributed by atoms with Crippen LogP contribution in [0.2, 0.25) is 0 Å². The number of aryl methyl sites for hydroxylation is 1. The molecule has 1 aliphatic rings. The standard InChI is InChI=1S/C13H20N4O5S/c1-4-15(11-5-6-23(21,22)8-11)12(18)7-16-10(3)13(17(19)20)9(2)14-16/h11H,4-8H2,1-3H3/t11-/m0/s1. The number of amides is 1. The van der Waals surface area contributed by atoms with Gasteiger partial charge in [0.25, 0.3) is 0 Å². The summed E-state index contributed by atoms with van der Waals surface area (Å²) < 4.78 is 24.5. The fourth-order valence-corrected chi connectivity index (χ4v) is 4.71. The van der Waals surface area contributed by atoms with Gasteiger partial charge in [0, 0.05) is 12.6 Å². The number of likely N-dealkylation sites (N-methyl/N-ethyl adjacent to an activating group) is 1. The summed E-state index contributed by atoms with van der Waals surface area (Å²) in [5, 5.41) is 15.1. The van der Waals surface area contributed by atoms with Crippen LogP contribution < -0.4 is 0 Å². The summed E-state index contributed by atoms with van der Waals surface area (Å²) in [4.78, 5) is 24.5. The summed E-state index contributed by atoms with van der Waals surface area (Å²) >= 11 is 0. The third kappa shape index (κ3) is 3.52. The topological polar surface area (TPSA) is 115 Å². The minimum absolute atomic E-state index is 0.0240. The van der Waals surface area contributed by atoms with E-state index >= 15 is 0 Å². The summed E-state index contributed by atoms with van der Waals surface area (Å²) in [6.07, 6.45) is 0.430. The number of carbonyl (C=O) groups excluding carboxylic acids is 1. The Bertz CT molecular complexity index is 740. The van der Waals surface area contributed by atoms with E-state index in [-0.39, 0.29) is 41.4 Å². The minimum Gasteiger partial charge on any atom is -0.337 e. The summed E-state index contributed by atoms with van der Waals surface area (Å²) in [6.45, 7) is 5.10. The Morgan fingerprint density at radius 2 is 2.13 bits per heavy atom. The average Bonchev–Trinajstić information content (AvgIpc) is 2.91. The van der Waals surface area contributed by atoms with Crippen molar-refractivity contribution in [1.29, 1.82) is 0 Å². The first-order valence-electron chi connectivity index (χ1n) is 7.34. The van der Waals surface area contributed by atoms with Crippen molar-refractivity contribution < 1.29 is 18.1 Å². The molecule has 23 heavy (non-hydrogen) atoms. The Hall–Kier alpha value is -1.97. The van der Waals surface area contributed by atoms with Crippen molar-refractivity contribution in [3.8, 4) is 0 Å². The van der Waals surface area contributed by atoms with Crippen LogP contribution in [0.1, 0.15) is 24.7 Å². The van der Waals surface area contributed by atoms with Gasteiger partial charge in [-0.1, -0.05) is 0 Å².